The quantitative estimate of drug-likeness (QED) is 0.227. The predicted molar refractivity (Wildman–Crippen MR) is 74.0 cm³/mol. The van der Waals surface area contributed by atoms with E-state index in [4.69, 9.17) is 20.8 Å². The molecule has 0 bridgehead atoms. The molecular weight excluding hydrogens is 268 g/mol. The molecule has 0 spiro atoms. The summed E-state index contributed by atoms with van der Waals surface area (Å²) in [7, 11) is 0. The highest BCUT2D eigenvalue weighted by Gasteiger charge is 2.05. The molecule has 1 aromatic carbocycles. The van der Waals surface area contributed by atoms with Crippen LogP contribution in [0.4, 0.5) is 0 Å². The van der Waals surface area contributed by atoms with Crippen LogP contribution in [0.25, 0.3) is 0 Å². The van der Waals surface area contributed by atoms with Gasteiger partial charge in [0.15, 0.2) is 0 Å². The van der Waals surface area contributed by atoms with Crippen molar-refractivity contribution in [2.24, 2.45) is 5.84 Å². The average Bonchev–Trinajstić information content (AvgIpc) is 2.46. The Morgan fingerprint density at radius 2 is 2.32 bits per heavy atom. The predicted octanol–water partition coefficient (Wildman–Crippen LogP) is -0.245. The molecule has 0 heterocycles. The first kappa shape index (κ1) is 15.8. The normalized spacial score (nSPS) is 11.9. The number of hydrogen-bond donors (Lipinski definition) is 4. The van der Waals surface area contributed by atoms with E-state index in [-0.39, 0.29) is 12.5 Å². The number of amides is 1. The minimum absolute atomic E-state index is 0.232. The Labute approximate surface area is 115 Å². The Morgan fingerprint density at radius 3 is 3.00 bits per heavy atom. The molecule has 106 valence electrons. The number of nitrogens with one attached hydrogen (secondary N) is 1. The van der Waals surface area contributed by atoms with Gasteiger partial charge in [0, 0.05) is 17.1 Å². The summed E-state index contributed by atoms with van der Waals surface area (Å²) < 4.78 is 5.47. The molecule has 0 aliphatic rings. The van der Waals surface area contributed by atoms with Crippen molar-refractivity contribution in [1.29, 1.82) is 0 Å². The number of rotatable bonds is 8. The van der Waals surface area contributed by atoms with Crippen LogP contribution >= 0.6 is 11.8 Å². The van der Waals surface area contributed by atoms with Crippen LogP contribution in [0.5, 0.6) is 5.75 Å². The van der Waals surface area contributed by atoms with Crippen molar-refractivity contribution < 1.29 is 19.7 Å². The van der Waals surface area contributed by atoms with Gasteiger partial charge in [0.1, 0.15) is 5.75 Å². The summed E-state index contributed by atoms with van der Waals surface area (Å²) in [5.41, 5.74) is 2.49. The lowest BCUT2D eigenvalue weighted by atomic mass is 10.2. The summed E-state index contributed by atoms with van der Waals surface area (Å²) in [6.07, 6.45) is -0.693. The molecular formula is C12H18N2O4S. The van der Waals surface area contributed by atoms with Gasteiger partial charge in [0.2, 0.25) is 0 Å². The fraction of sp³-hybridized carbons (Fsp3) is 0.417. The number of nitrogens with two attached hydrogens (primary N) is 1. The van der Waals surface area contributed by atoms with E-state index >= 15 is 0 Å². The second-order valence-electron chi connectivity index (χ2n) is 3.76. The summed E-state index contributed by atoms with van der Waals surface area (Å²) in [5.74, 6) is 6.42. The molecule has 0 saturated heterocycles. The van der Waals surface area contributed by atoms with Crippen molar-refractivity contribution in [2.75, 3.05) is 24.7 Å². The Hall–Kier alpha value is -1.28. The third-order valence-corrected chi connectivity index (χ3v) is 3.32. The maximum atomic E-state index is 11.3. The Morgan fingerprint density at radius 1 is 1.53 bits per heavy atom. The fourth-order valence-electron chi connectivity index (χ4n) is 1.30. The van der Waals surface area contributed by atoms with Crippen LogP contribution in [-0.2, 0) is 0 Å². The van der Waals surface area contributed by atoms with Gasteiger partial charge in [0.25, 0.3) is 5.91 Å². The van der Waals surface area contributed by atoms with Crippen molar-refractivity contribution in [1.82, 2.24) is 5.43 Å². The van der Waals surface area contributed by atoms with E-state index in [2.05, 4.69) is 5.43 Å². The maximum Gasteiger partial charge on any atom is 0.265 e. The molecule has 0 aliphatic heterocycles. The van der Waals surface area contributed by atoms with Crippen LogP contribution in [-0.4, -0.2) is 46.9 Å². The summed E-state index contributed by atoms with van der Waals surface area (Å²) in [6.45, 7) is 0.223. The SMILES string of the molecule is NNC(=O)c1cccc(OCCSCC(O)CO)c1. The lowest BCUT2D eigenvalue weighted by Crippen LogP contribution is -2.29. The lowest BCUT2D eigenvalue weighted by Gasteiger charge is -2.09. The van der Waals surface area contributed by atoms with E-state index in [1.807, 2.05) is 0 Å². The molecule has 1 unspecified atom stereocenters. The number of carbonyl (C=O) groups excluding carboxylic acids is 1. The second-order valence-corrected chi connectivity index (χ2v) is 4.91. The maximum absolute atomic E-state index is 11.3. The van der Waals surface area contributed by atoms with Crippen LogP contribution < -0.4 is 16.0 Å². The van der Waals surface area contributed by atoms with E-state index in [1.54, 1.807) is 24.3 Å². The zero-order valence-electron chi connectivity index (χ0n) is 10.4. The van der Waals surface area contributed by atoms with Crippen molar-refractivity contribution in [3.8, 4) is 5.75 Å². The lowest BCUT2D eigenvalue weighted by molar-refractivity contribution is 0.0953. The van der Waals surface area contributed by atoms with Crippen molar-refractivity contribution in [3.63, 3.8) is 0 Å². The smallest absolute Gasteiger partial charge is 0.265 e. The van der Waals surface area contributed by atoms with Crippen LogP contribution in [0.3, 0.4) is 0 Å². The standard InChI is InChI=1S/C12H18N2O4S/c13-14-12(17)9-2-1-3-11(6-9)18-4-5-19-8-10(16)7-15/h1-3,6,10,15-16H,4-5,7-8,13H2,(H,14,17). The van der Waals surface area contributed by atoms with E-state index < -0.39 is 6.10 Å². The number of thioether (sulfide) groups is 1. The molecule has 7 heteroatoms. The van der Waals surface area contributed by atoms with Crippen LogP contribution in [0.15, 0.2) is 24.3 Å². The van der Waals surface area contributed by atoms with Crippen molar-refractivity contribution >= 4 is 17.7 Å². The molecule has 19 heavy (non-hydrogen) atoms. The van der Waals surface area contributed by atoms with E-state index in [0.29, 0.717) is 29.4 Å². The number of ether oxygens (including phenoxy) is 1. The zero-order valence-corrected chi connectivity index (χ0v) is 11.2. The molecule has 1 rings (SSSR count). The fourth-order valence-corrected chi connectivity index (χ4v) is 2.05. The first-order chi connectivity index (χ1) is 9.17. The van der Waals surface area contributed by atoms with Gasteiger partial charge in [-0.05, 0) is 18.2 Å². The average molecular weight is 286 g/mol. The van der Waals surface area contributed by atoms with Crippen LogP contribution in [0.1, 0.15) is 10.4 Å². The summed E-state index contributed by atoms with van der Waals surface area (Å²) in [5, 5.41) is 17.8. The molecule has 0 aliphatic carbocycles. The van der Waals surface area contributed by atoms with Gasteiger partial charge in [-0.1, -0.05) is 6.07 Å². The number of hydrogen-bond acceptors (Lipinski definition) is 6. The van der Waals surface area contributed by atoms with Crippen molar-refractivity contribution in [2.45, 2.75) is 6.10 Å². The molecule has 0 fully saturated rings. The molecule has 0 aromatic heterocycles. The largest absolute Gasteiger partial charge is 0.493 e. The third-order valence-electron chi connectivity index (χ3n) is 2.24. The van der Waals surface area contributed by atoms with Gasteiger partial charge < -0.3 is 14.9 Å². The minimum atomic E-state index is -0.693. The first-order valence-corrected chi connectivity index (χ1v) is 6.93. The topological polar surface area (TPSA) is 105 Å². The van der Waals surface area contributed by atoms with Gasteiger partial charge in [-0.2, -0.15) is 11.8 Å². The summed E-state index contributed by atoms with van der Waals surface area (Å²) in [4.78, 5) is 11.3. The Balaban J connectivity index is 2.31. The first-order valence-electron chi connectivity index (χ1n) is 5.78. The molecule has 0 radical (unpaired) electrons. The third kappa shape index (κ3) is 5.93. The zero-order chi connectivity index (χ0) is 14.1. The Bertz CT molecular complexity index is 403. The minimum Gasteiger partial charge on any atom is -0.493 e. The van der Waals surface area contributed by atoms with Crippen LogP contribution in [0.2, 0.25) is 0 Å². The number of carbonyl (C=O) groups is 1. The van der Waals surface area contributed by atoms with E-state index in [0.717, 1.165) is 0 Å². The van der Waals surface area contributed by atoms with Gasteiger partial charge in [0.05, 0.1) is 19.3 Å². The summed E-state index contributed by atoms with van der Waals surface area (Å²) in [6, 6.07) is 6.71. The van der Waals surface area contributed by atoms with Gasteiger partial charge >= 0.3 is 0 Å². The number of nitrogen functional groups attached to an aromatic ring is 1. The molecule has 1 amide bonds. The van der Waals surface area contributed by atoms with Gasteiger partial charge in [-0.25, -0.2) is 5.84 Å². The number of aliphatic hydroxyl groups excluding tert-OH is 2. The monoisotopic (exact) mass is 286 g/mol. The van der Waals surface area contributed by atoms with Gasteiger partial charge in [-0.3, -0.25) is 10.2 Å². The number of hydrazine groups is 1. The molecule has 1 atom stereocenters. The van der Waals surface area contributed by atoms with Crippen LogP contribution in [0, 0.1) is 0 Å². The molecule has 0 saturated carbocycles. The molecule has 5 N–H and O–H groups in total. The van der Waals surface area contributed by atoms with E-state index in [9.17, 15) is 4.79 Å². The van der Waals surface area contributed by atoms with E-state index in [1.165, 1.54) is 11.8 Å². The molecule has 6 nitrogen and oxygen atoms in total. The highest BCUT2D eigenvalue weighted by Crippen LogP contribution is 2.14. The number of aliphatic hydroxyl groups is 2. The second kappa shape index (κ2) is 8.76. The number of benzene rings is 1. The summed E-state index contributed by atoms with van der Waals surface area (Å²) >= 11 is 1.49. The van der Waals surface area contributed by atoms with Gasteiger partial charge in [-0.15, -0.1) is 0 Å². The highest BCUT2D eigenvalue weighted by atomic mass is 32.2. The van der Waals surface area contributed by atoms with Crippen molar-refractivity contribution in [3.05, 3.63) is 29.8 Å². The molecule has 1 aromatic rings. The highest BCUT2D eigenvalue weighted by molar-refractivity contribution is 7.99. The Kier molecular flexibility index (Phi) is 7.27.